The van der Waals surface area contributed by atoms with Gasteiger partial charge in [-0.15, -0.1) is 0 Å². The van der Waals surface area contributed by atoms with Crippen LogP contribution in [0.1, 0.15) is 15.9 Å². The zero-order valence-corrected chi connectivity index (χ0v) is 13.0. The fourth-order valence-electron chi connectivity index (χ4n) is 1.75. The van der Waals surface area contributed by atoms with Crippen LogP contribution < -0.4 is 10.1 Å². The Morgan fingerprint density at radius 2 is 2.10 bits per heavy atom. The molecule has 0 unspecified atom stereocenters. The lowest BCUT2D eigenvalue weighted by Gasteiger charge is -2.09. The van der Waals surface area contributed by atoms with Crippen LogP contribution in [0.25, 0.3) is 0 Å². The third-order valence-corrected chi connectivity index (χ3v) is 3.70. The van der Waals surface area contributed by atoms with E-state index in [1.54, 1.807) is 24.3 Å². The number of hydrogen-bond donors (Lipinski definition) is 1. The van der Waals surface area contributed by atoms with Crippen LogP contribution in [0.2, 0.25) is 0 Å². The van der Waals surface area contributed by atoms with Crippen molar-refractivity contribution < 1.29 is 14.3 Å². The van der Waals surface area contributed by atoms with Crippen molar-refractivity contribution in [2.24, 2.45) is 0 Å². The molecule has 21 heavy (non-hydrogen) atoms. The molecule has 1 amide bonds. The van der Waals surface area contributed by atoms with Crippen molar-refractivity contribution in [2.45, 2.75) is 6.92 Å². The summed E-state index contributed by atoms with van der Waals surface area (Å²) in [4.78, 5) is 22.5. The Bertz CT molecular complexity index is 670. The number of ether oxygens (including phenoxy) is 1. The Labute approximate surface area is 131 Å². The maximum absolute atomic E-state index is 11.8. The van der Waals surface area contributed by atoms with Crippen LogP contribution in [0.4, 0.5) is 5.69 Å². The molecule has 2 aromatic rings. The van der Waals surface area contributed by atoms with E-state index in [1.165, 1.54) is 0 Å². The second kappa shape index (κ2) is 7.04. The van der Waals surface area contributed by atoms with Gasteiger partial charge in [0, 0.05) is 15.7 Å². The highest BCUT2D eigenvalue weighted by Crippen LogP contribution is 2.20. The largest absolute Gasteiger partial charge is 0.484 e. The Morgan fingerprint density at radius 1 is 1.29 bits per heavy atom. The molecule has 2 aromatic carbocycles. The molecule has 1 N–H and O–H groups in total. The maximum atomic E-state index is 11.8. The van der Waals surface area contributed by atoms with Gasteiger partial charge in [0.25, 0.3) is 5.91 Å². The van der Waals surface area contributed by atoms with Gasteiger partial charge in [0.05, 0.1) is 0 Å². The molecule has 0 fully saturated rings. The fourth-order valence-corrected chi connectivity index (χ4v) is 1.99. The van der Waals surface area contributed by atoms with E-state index in [-0.39, 0.29) is 12.5 Å². The van der Waals surface area contributed by atoms with Gasteiger partial charge in [0.2, 0.25) is 0 Å². The van der Waals surface area contributed by atoms with Gasteiger partial charge in [0.15, 0.2) is 6.61 Å². The van der Waals surface area contributed by atoms with Crippen molar-refractivity contribution in [1.29, 1.82) is 0 Å². The summed E-state index contributed by atoms with van der Waals surface area (Å²) in [5.74, 6) is 0.231. The van der Waals surface area contributed by atoms with E-state index in [2.05, 4.69) is 21.2 Å². The lowest BCUT2D eigenvalue weighted by molar-refractivity contribution is -0.118. The normalized spacial score (nSPS) is 10.0. The molecule has 4 nitrogen and oxygen atoms in total. The van der Waals surface area contributed by atoms with Gasteiger partial charge in [0.1, 0.15) is 12.0 Å². The Balaban J connectivity index is 1.92. The molecule has 5 heteroatoms. The number of carbonyl (C=O) groups is 2. The van der Waals surface area contributed by atoms with Crippen LogP contribution in [0.15, 0.2) is 46.9 Å². The summed E-state index contributed by atoms with van der Waals surface area (Å²) in [5, 5.41) is 2.75. The van der Waals surface area contributed by atoms with Crippen LogP contribution in [0, 0.1) is 6.92 Å². The van der Waals surface area contributed by atoms with Crippen molar-refractivity contribution in [3.05, 3.63) is 58.1 Å². The molecule has 0 bridgehead atoms. The molecule has 0 radical (unpaired) electrons. The fraction of sp³-hybridized carbons (Fsp3) is 0.125. The van der Waals surface area contributed by atoms with Crippen LogP contribution >= 0.6 is 15.9 Å². The quantitative estimate of drug-likeness (QED) is 0.841. The minimum Gasteiger partial charge on any atom is -0.484 e. The molecule has 0 aliphatic rings. The number of nitrogens with one attached hydrogen (secondary N) is 1. The Hall–Kier alpha value is -2.14. The first kappa shape index (κ1) is 15.3. The molecule has 0 saturated heterocycles. The molecular formula is C16H14BrNO3. The molecule has 0 aromatic heterocycles. The topological polar surface area (TPSA) is 55.4 Å². The predicted octanol–water partition coefficient (Wildman–Crippen LogP) is 3.59. The lowest BCUT2D eigenvalue weighted by Crippen LogP contribution is -2.20. The number of aryl methyl sites for hydroxylation is 1. The minimum atomic E-state index is -0.256. The van der Waals surface area contributed by atoms with Gasteiger partial charge in [-0.1, -0.05) is 28.1 Å². The Kier molecular flexibility index (Phi) is 5.11. The lowest BCUT2D eigenvalue weighted by atomic mass is 10.2. The third kappa shape index (κ3) is 4.43. The van der Waals surface area contributed by atoms with Gasteiger partial charge in [-0.05, 0) is 42.8 Å². The average Bonchev–Trinajstić information content (AvgIpc) is 2.49. The molecule has 0 saturated carbocycles. The summed E-state index contributed by atoms with van der Waals surface area (Å²) < 4.78 is 6.34. The van der Waals surface area contributed by atoms with E-state index in [4.69, 9.17) is 4.74 Å². The monoisotopic (exact) mass is 347 g/mol. The van der Waals surface area contributed by atoms with Crippen molar-refractivity contribution in [3.8, 4) is 5.75 Å². The average molecular weight is 348 g/mol. The van der Waals surface area contributed by atoms with E-state index >= 15 is 0 Å². The molecular weight excluding hydrogens is 334 g/mol. The zero-order valence-electron chi connectivity index (χ0n) is 11.4. The minimum absolute atomic E-state index is 0.114. The third-order valence-electron chi connectivity index (χ3n) is 2.81. The van der Waals surface area contributed by atoms with E-state index in [0.717, 1.165) is 16.3 Å². The van der Waals surface area contributed by atoms with Crippen LogP contribution in [0.5, 0.6) is 5.75 Å². The second-order valence-electron chi connectivity index (χ2n) is 4.49. The predicted molar refractivity (Wildman–Crippen MR) is 84.8 cm³/mol. The van der Waals surface area contributed by atoms with Crippen LogP contribution in [-0.4, -0.2) is 18.8 Å². The molecule has 2 rings (SSSR count). The van der Waals surface area contributed by atoms with E-state index in [9.17, 15) is 9.59 Å². The smallest absolute Gasteiger partial charge is 0.262 e. The Morgan fingerprint density at radius 3 is 2.81 bits per heavy atom. The molecule has 0 spiro atoms. The zero-order chi connectivity index (χ0) is 15.2. The second-order valence-corrected chi connectivity index (χ2v) is 5.35. The highest BCUT2D eigenvalue weighted by Gasteiger charge is 2.05. The number of hydrogen-bond acceptors (Lipinski definition) is 3. The SMILES string of the molecule is Cc1cc(NC(=O)COc2cccc(C=O)c2)ccc1Br. The number of halogens is 1. The molecule has 0 aliphatic heterocycles. The summed E-state index contributed by atoms with van der Waals surface area (Å²) in [6, 6.07) is 12.2. The summed E-state index contributed by atoms with van der Waals surface area (Å²) in [6.07, 6.45) is 0.734. The number of amides is 1. The van der Waals surface area contributed by atoms with Crippen molar-refractivity contribution in [2.75, 3.05) is 11.9 Å². The van der Waals surface area contributed by atoms with E-state index in [0.29, 0.717) is 17.0 Å². The van der Waals surface area contributed by atoms with Gasteiger partial charge in [-0.25, -0.2) is 0 Å². The van der Waals surface area contributed by atoms with Gasteiger partial charge in [-0.3, -0.25) is 9.59 Å². The van der Waals surface area contributed by atoms with Crippen molar-refractivity contribution in [1.82, 2.24) is 0 Å². The summed E-state index contributed by atoms with van der Waals surface area (Å²) in [7, 11) is 0. The molecule has 0 atom stereocenters. The standard InChI is InChI=1S/C16H14BrNO3/c1-11-7-13(5-6-15(11)17)18-16(20)10-21-14-4-2-3-12(8-14)9-19/h2-9H,10H2,1H3,(H,18,20). The summed E-state index contributed by atoms with van der Waals surface area (Å²) in [5.41, 5.74) is 2.26. The first-order valence-electron chi connectivity index (χ1n) is 6.32. The number of benzene rings is 2. The van der Waals surface area contributed by atoms with Crippen LogP contribution in [0.3, 0.4) is 0 Å². The van der Waals surface area contributed by atoms with E-state index in [1.807, 2.05) is 25.1 Å². The van der Waals surface area contributed by atoms with Crippen molar-refractivity contribution in [3.63, 3.8) is 0 Å². The highest BCUT2D eigenvalue weighted by molar-refractivity contribution is 9.10. The molecule has 0 heterocycles. The number of aldehydes is 1. The first-order chi connectivity index (χ1) is 10.1. The summed E-state index contributed by atoms with van der Waals surface area (Å²) >= 11 is 3.40. The van der Waals surface area contributed by atoms with Crippen LogP contribution in [-0.2, 0) is 4.79 Å². The first-order valence-corrected chi connectivity index (χ1v) is 7.12. The highest BCUT2D eigenvalue weighted by atomic mass is 79.9. The van der Waals surface area contributed by atoms with Gasteiger partial charge < -0.3 is 10.1 Å². The maximum Gasteiger partial charge on any atom is 0.262 e. The summed E-state index contributed by atoms with van der Waals surface area (Å²) in [6.45, 7) is 1.83. The van der Waals surface area contributed by atoms with Crippen molar-refractivity contribution >= 4 is 33.8 Å². The molecule has 0 aliphatic carbocycles. The van der Waals surface area contributed by atoms with E-state index < -0.39 is 0 Å². The van der Waals surface area contributed by atoms with Gasteiger partial charge >= 0.3 is 0 Å². The number of anilines is 1. The van der Waals surface area contributed by atoms with Gasteiger partial charge in [-0.2, -0.15) is 0 Å². The number of rotatable bonds is 5. The number of carbonyl (C=O) groups excluding carboxylic acids is 2. The molecule has 108 valence electrons.